The van der Waals surface area contributed by atoms with Crippen LogP contribution < -0.4 is 5.73 Å². The molecule has 2 N–H and O–H groups in total. The molecule has 0 radical (unpaired) electrons. The fourth-order valence-electron chi connectivity index (χ4n) is 1.94. The third-order valence-electron chi connectivity index (χ3n) is 3.02. The van der Waals surface area contributed by atoms with Crippen molar-refractivity contribution in [2.24, 2.45) is 5.73 Å². The Kier molecular flexibility index (Phi) is 5.20. The minimum absolute atomic E-state index is 0. The van der Waals surface area contributed by atoms with Gasteiger partial charge in [-0.25, -0.2) is 0 Å². The Morgan fingerprint density at radius 2 is 1.50 bits per heavy atom. The van der Waals surface area contributed by atoms with Gasteiger partial charge in [0, 0.05) is 6.54 Å². The molecule has 5 heteroatoms. The van der Waals surface area contributed by atoms with Crippen molar-refractivity contribution >= 4 is 12.4 Å². The van der Waals surface area contributed by atoms with Gasteiger partial charge >= 0.3 is 6.18 Å². The van der Waals surface area contributed by atoms with Crippen molar-refractivity contribution in [1.29, 1.82) is 0 Å². The molecule has 0 spiro atoms. The molecule has 2 aromatic rings. The molecule has 0 bridgehead atoms. The van der Waals surface area contributed by atoms with E-state index >= 15 is 0 Å². The van der Waals surface area contributed by atoms with Gasteiger partial charge in [-0.3, -0.25) is 0 Å². The van der Waals surface area contributed by atoms with E-state index in [-0.39, 0.29) is 24.5 Å². The number of aryl methyl sites for hydroxylation is 1. The van der Waals surface area contributed by atoms with Gasteiger partial charge in [0.2, 0.25) is 0 Å². The zero-order valence-electron chi connectivity index (χ0n) is 10.9. The lowest BCUT2D eigenvalue weighted by Gasteiger charge is -2.13. The predicted octanol–water partition coefficient (Wildman–Crippen LogP) is 4.56. The fraction of sp³-hybridized carbons (Fsp3) is 0.200. The average molecular weight is 302 g/mol. The van der Waals surface area contributed by atoms with Crippen molar-refractivity contribution in [3.63, 3.8) is 0 Å². The van der Waals surface area contributed by atoms with E-state index in [1.807, 2.05) is 31.2 Å². The van der Waals surface area contributed by atoms with Crippen LogP contribution in [0.15, 0.2) is 42.5 Å². The van der Waals surface area contributed by atoms with Gasteiger partial charge in [0.15, 0.2) is 0 Å². The van der Waals surface area contributed by atoms with Crippen LogP contribution in [-0.2, 0) is 12.7 Å². The van der Waals surface area contributed by atoms with E-state index in [1.54, 1.807) is 6.07 Å². The predicted molar refractivity (Wildman–Crippen MR) is 76.8 cm³/mol. The van der Waals surface area contributed by atoms with Gasteiger partial charge in [0.1, 0.15) is 0 Å². The van der Waals surface area contributed by atoms with Crippen LogP contribution in [0.5, 0.6) is 0 Å². The highest BCUT2D eigenvalue weighted by Gasteiger charge is 2.33. The molecule has 0 aromatic heterocycles. The van der Waals surface area contributed by atoms with Crippen LogP contribution in [0.25, 0.3) is 11.1 Å². The average Bonchev–Trinajstić information content (AvgIpc) is 2.38. The van der Waals surface area contributed by atoms with Crippen molar-refractivity contribution in [3.8, 4) is 11.1 Å². The molecule has 0 aliphatic rings. The number of rotatable bonds is 2. The highest BCUT2D eigenvalue weighted by Crippen LogP contribution is 2.34. The third-order valence-corrected chi connectivity index (χ3v) is 3.02. The summed E-state index contributed by atoms with van der Waals surface area (Å²) in [6, 6.07) is 11.6. The Morgan fingerprint density at radius 3 is 2.00 bits per heavy atom. The van der Waals surface area contributed by atoms with Crippen molar-refractivity contribution in [1.82, 2.24) is 0 Å². The highest BCUT2D eigenvalue weighted by molar-refractivity contribution is 5.85. The molecule has 0 unspecified atom stereocenters. The number of benzene rings is 2. The van der Waals surface area contributed by atoms with Crippen molar-refractivity contribution in [2.75, 3.05) is 0 Å². The summed E-state index contributed by atoms with van der Waals surface area (Å²) in [6.45, 7) is 1.81. The van der Waals surface area contributed by atoms with Crippen LogP contribution in [0.4, 0.5) is 13.2 Å². The molecule has 0 fully saturated rings. The van der Waals surface area contributed by atoms with E-state index in [1.165, 1.54) is 6.07 Å². The van der Waals surface area contributed by atoms with Crippen molar-refractivity contribution in [3.05, 3.63) is 59.2 Å². The van der Waals surface area contributed by atoms with E-state index in [2.05, 4.69) is 0 Å². The molecule has 20 heavy (non-hydrogen) atoms. The topological polar surface area (TPSA) is 26.0 Å². The Bertz CT molecular complexity index is 577. The summed E-state index contributed by atoms with van der Waals surface area (Å²) in [7, 11) is 0. The Hall–Kier alpha value is -1.52. The molecule has 0 atom stereocenters. The Labute approximate surface area is 122 Å². The smallest absolute Gasteiger partial charge is 0.326 e. The first-order valence-electron chi connectivity index (χ1n) is 5.89. The molecule has 0 amide bonds. The van der Waals surface area contributed by atoms with E-state index in [9.17, 15) is 13.2 Å². The summed E-state index contributed by atoms with van der Waals surface area (Å²) in [4.78, 5) is 0. The highest BCUT2D eigenvalue weighted by atomic mass is 35.5. The van der Waals surface area contributed by atoms with E-state index in [0.29, 0.717) is 5.56 Å². The summed E-state index contributed by atoms with van der Waals surface area (Å²) in [5.41, 5.74) is 7.19. The quantitative estimate of drug-likeness (QED) is 0.864. The van der Waals surface area contributed by atoms with E-state index in [4.69, 9.17) is 5.73 Å². The van der Waals surface area contributed by atoms with Crippen LogP contribution >= 0.6 is 12.4 Å². The molecule has 0 saturated carbocycles. The number of nitrogens with two attached hydrogens (primary N) is 1. The largest absolute Gasteiger partial charge is 0.416 e. The van der Waals surface area contributed by atoms with Gasteiger partial charge < -0.3 is 5.73 Å². The summed E-state index contributed by atoms with van der Waals surface area (Å²) in [5, 5.41) is 0. The van der Waals surface area contributed by atoms with Gasteiger partial charge in [-0.1, -0.05) is 42.0 Å². The van der Waals surface area contributed by atoms with E-state index < -0.39 is 11.7 Å². The Balaban J connectivity index is 0.00000200. The number of halogens is 4. The summed E-state index contributed by atoms with van der Waals surface area (Å²) >= 11 is 0. The van der Waals surface area contributed by atoms with Crippen molar-refractivity contribution in [2.45, 2.75) is 19.6 Å². The van der Waals surface area contributed by atoms with Gasteiger partial charge in [-0.05, 0) is 29.7 Å². The maximum absolute atomic E-state index is 12.9. The fourth-order valence-corrected chi connectivity index (χ4v) is 1.94. The molecule has 0 heterocycles. The lowest BCUT2D eigenvalue weighted by Crippen LogP contribution is -2.12. The van der Waals surface area contributed by atoms with Crippen LogP contribution in [-0.4, -0.2) is 0 Å². The molecule has 108 valence electrons. The maximum atomic E-state index is 12.9. The van der Waals surface area contributed by atoms with Crippen LogP contribution in [0, 0.1) is 6.92 Å². The number of hydrogen-bond donors (Lipinski definition) is 1. The molecule has 0 saturated heterocycles. The number of alkyl halides is 3. The second-order valence-electron chi connectivity index (χ2n) is 4.44. The summed E-state index contributed by atoms with van der Waals surface area (Å²) in [6.07, 6.45) is -4.38. The second-order valence-corrected chi connectivity index (χ2v) is 4.44. The minimum atomic E-state index is -4.38. The van der Waals surface area contributed by atoms with Gasteiger partial charge in [-0.15, -0.1) is 12.4 Å². The molecule has 1 nitrogen and oxygen atoms in total. The summed E-state index contributed by atoms with van der Waals surface area (Å²) in [5.74, 6) is 0. The zero-order chi connectivity index (χ0) is 14.0. The van der Waals surface area contributed by atoms with Gasteiger partial charge in [0.05, 0.1) is 5.56 Å². The maximum Gasteiger partial charge on any atom is 0.416 e. The molecular formula is C15H15ClF3N. The molecule has 0 aliphatic carbocycles. The first-order chi connectivity index (χ1) is 8.91. The monoisotopic (exact) mass is 301 g/mol. The van der Waals surface area contributed by atoms with Crippen LogP contribution in [0.3, 0.4) is 0 Å². The lowest BCUT2D eigenvalue weighted by molar-refractivity contribution is -0.138. The van der Waals surface area contributed by atoms with Crippen molar-refractivity contribution < 1.29 is 13.2 Å². The summed E-state index contributed by atoms with van der Waals surface area (Å²) < 4.78 is 38.8. The van der Waals surface area contributed by atoms with E-state index in [0.717, 1.165) is 17.2 Å². The van der Waals surface area contributed by atoms with Crippen LogP contribution in [0.1, 0.15) is 16.7 Å². The molecule has 0 aliphatic heterocycles. The standard InChI is InChI=1S/C15H14F3N.ClH/c1-10-2-4-11(5-3-10)12-6-7-13(9-19)14(8-12)15(16,17)18;/h2-8H,9,19H2,1H3;1H. The molecular weight excluding hydrogens is 287 g/mol. The second kappa shape index (κ2) is 6.29. The molecule has 2 aromatic carbocycles. The Morgan fingerprint density at radius 1 is 0.950 bits per heavy atom. The van der Waals surface area contributed by atoms with Gasteiger partial charge in [0.25, 0.3) is 0 Å². The minimum Gasteiger partial charge on any atom is -0.326 e. The van der Waals surface area contributed by atoms with Crippen LogP contribution in [0.2, 0.25) is 0 Å². The first kappa shape index (κ1) is 16.5. The first-order valence-corrected chi connectivity index (χ1v) is 5.89. The normalized spacial score (nSPS) is 11.1. The number of hydrogen-bond acceptors (Lipinski definition) is 1. The molecule has 2 rings (SSSR count). The third kappa shape index (κ3) is 3.52. The lowest BCUT2D eigenvalue weighted by atomic mass is 9.98. The SMILES string of the molecule is Cc1ccc(-c2ccc(CN)c(C(F)(F)F)c2)cc1.Cl. The van der Waals surface area contributed by atoms with Gasteiger partial charge in [-0.2, -0.15) is 13.2 Å². The zero-order valence-corrected chi connectivity index (χ0v) is 11.7.